The number of aromatic amines is 1. The minimum Gasteiger partial charge on any atom is -0.453 e. The van der Waals surface area contributed by atoms with E-state index in [2.05, 4.69) is 9.97 Å². The van der Waals surface area contributed by atoms with E-state index in [0.29, 0.717) is 32.9 Å². The Morgan fingerprint density at radius 3 is 3.04 bits per heavy atom. The van der Waals surface area contributed by atoms with Crippen molar-refractivity contribution < 1.29 is 14.3 Å². The number of esters is 1. The highest BCUT2D eigenvalue weighted by molar-refractivity contribution is 7.20. The zero-order chi connectivity index (χ0) is 17.6. The molecule has 0 atom stereocenters. The average molecular weight is 357 g/mol. The Hall–Kier alpha value is -2.74. The van der Waals surface area contributed by atoms with Gasteiger partial charge in [-0.2, -0.15) is 0 Å². The molecule has 0 fully saturated rings. The van der Waals surface area contributed by atoms with E-state index in [4.69, 9.17) is 4.74 Å². The summed E-state index contributed by atoms with van der Waals surface area (Å²) in [5, 5.41) is 0.471. The summed E-state index contributed by atoms with van der Waals surface area (Å²) in [6.45, 7) is 2.03. The van der Waals surface area contributed by atoms with Crippen molar-refractivity contribution in [3.63, 3.8) is 0 Å². The molecule has 0 amide bonds. The fourth-order valence-electron chi connectivity index (χ4n) is 3.05. The van der Waals surface area contributed by atoms with Crippen LogP contribution in [0, 0.1) is 6.92 Å². The monoisotopic (exact) mass is 357 g/mol. The second-order valence-corrected chi connectivity index (χ2v) is 6.91. The lowest BCUT2D eigenvalue weighted by atomic mass is 10.2. The van der Waals surface area contributed by atoms with E-state index in [1.54, 1.807) is 29.8 Å². The van der Waals surface area contributed by atoms with Crippen molar-refractivity contribution in [1.29, 1.82) is 0 Å². The SMILES string of the molecule is Cc1c(C(=O)OCC(=O)c2ccc[nH]2)sc2nc3n(c(=O)c12)CCC3. The van der Waals surface area contributed by atoms with E-state index >= 15 is 0 Å². The molecule has 4 heterocycles. The molecule has 8 heteroatoms. The van der Waals surface area contributed by atoms with Crippen LogP contribution >= 0.6 is 11.3 Å². The number of fused-ring (bicyclic) bond motifs is 2. The molecule has 1 aliphatic heterocycles. The topological polar surface area (TPSA) is 94.1 Å². The van der Waals surface area contributed by atoms with Gasteiger partial charge >= 0.3 is 5.97 Å². The molecule has 0 aromatic carbocycles. The molecule has 25 heavy (non-hydrogen) atoms. The molecule has 128 valence electrons. The summed E-state index contributed by atoms with van der Waals surface area (Å²) >= 11 is 1.14. The van der Waals surface area contributed by atoms with Gasteiger partial charge in [-0.05, 0) is 31.0 Å². The lowest BCUT2D eigenvalue weighted by Gasteiger charge is -2.03. The molecule has 0 saturated carbocycles. The van der Waals surface area contributed by atoms with Crippen molar-refractivity contribution in [2.45, 2.75) is 26.3 Å². The molecule has 0 bridgehead atoms. The van der Waals surface area contributed by atoms with Gasteiger partial charge in [0.1, 0.15) is 15.5 Å². The Labute approximate surface area is 146 Å². The van der Waals surface area contributed by atoms with Gasteiger partial charge in [0.2, 0.25) is 5.78 Å². The third-order valence-electron chi connectivity index (χ3n) is 4.33. The van der Waals surface area contributed by atoms with E-state index in [1.165, 1.54) is 0 Å². The molecule has 1 aliphatic rings. The molecule has 0 radical (unpaired) electrons. The van der Waals surface area contributed by atoms with Crippen molar-refractivity contribution in [3.05, 3.63) is 50.6 Å². The zero-order valence-corrected chi connectivity index (χ0v) is 14.3. The fourth-order valence-corrected chi connectivity index (χ4v) is 4.13. The van der Waals surface area contributed by atoms with Gasteiger partial charge < -0.3 is 9.72 Å². The quantitative estimate of drug-likeness (QED) is 0.570. The van der Waals surface area contributed by atoms with Gasteiger partial charge in [-0.15, -0.1) is 11.3 Å². The van der Waals surface area contributed by atoms with Crippen LogP contribution in [0.1, 0.15) is 38.0 Å². The second-order valence-electron chi connectivity index (χ2n) is 5.91. The van der Waals surface area contributed by atoms with Crippen molar-refractivity contribution in [2.24, 2.45) is 0 Å². The number of rotatable bonds is 4. The first-order valence-corrected chi connectivity index (χ1v) is 8.74. The highest BCUT2D eigenvalue weighted by atomic mass is 32.1. The van der Waals surface area contributed by atoms with Crippen LogP contribution < -0.4 is 5.56 Å². The molecular weight excluding hydrogens is 342 g/mol. The number of hydrogen-bond acceptors (Lipinski definition) is 6. The molecule has 0 aliphatic carbocycles. The number of aryl methyl sites for hydroxylation is 2. The number of carbonyl (C=O) groups is 2. The van der Waals surface area contributed by atoms with E-state index < -0.39 is 5.97 Å². The summed E-state index contributed by atoms with van der Waals surface area (Å²) < 4.78 is 6.80. The van der Waals surface area contributed by atoms with Crippen molar-refractivity contribution in [3.8, 4) is 0 Å². The van der Waals surface area contributed by atoms with Gasteiger partial charge in [-0.3, -0.25) is 14.2 Å². The number of Topliss-reactive ketones (excluding diaryl/α,β-unsaturated/α-hetero) is 1. The molecule has 0 unspecified atom stereocenters. The third-order valence-corrected chi connectivity index (χ3v) is 5.50. The first-order valence-electron chi connectivity index (χ1n) is 7.93. The highest BCUT2D eigenvalue weighted by Crippen LogP contribution is 2.29. The number of nitrogens with zero attached hydrogens (tertiary/aromatic N) is 2. The van der Waals surface area contributed by atoms with Gasteiger partial charge in [0.15, 0.2) is 6.61 Å². The standard InChI is InChI=1S/C17H15N3O4S/c1-9-13-15(19-12-5-3-7-20(12)16(13)22)25-14(9)17(23)24-8-11(21)10-4-2-6-18-10/h2,4,6,18H,3,5,7-8H2,1H3. The summed E-state index contributed by atoms with van der Waals surface area (Å²) in [6.07, 6.45) is 3.31. The Morgan fingerprint density at radius 1 is 1.44 bits per heavy atom. The number of H-pyrrole nitrogens is 1. The van der Waals surface area contributed by atoms with E-state index in [-0.39, 0.29) is 17.9 Å². The Bertz CT molecular complexity index is 1050. The molecule has 4 rings (SSSR count). The van der Waals surface area contributed by atoms with Gasteiger partial charge in [0.05, 0.1) is 11.1 Å². The lowest BCUT2D eigenvalue weighted by molar-refractivity contribution is 0.0478. The molecular formula is C17H15N3O4S. The zero-order valence-electron chi connectivity index (χ0n) is 13.5. The van der Waals surface area contributed by atoms with Crippen LogP contribution in [0.3, 0.4) is 0 Å². The van der Waals surface area contributed by atoms with E-state index in [9.17, 15) is 14.4 Å². The van der Waals surface area contributed by atoms with Crippen molar-refractivity contribution in [1.82, 2.24) is 14.5 Å². The summed E-state index contributed by atoms with van der Waals surface area (Å²) in [5.74, 6) is -0.153. The van der Waals surface area contributed by atoms with Gasteiger partial charge in [-0.25, -0.2) is 9.78 Å². The molecule has 0 spiro atoms. The van der Waals surface area contributed by atoms with Crippen LogP contribution in [0.4, 0.5) is 0 Å². The van der Waals surface area contributed by atoms with E-state index in [0.717, 1.165) is 30.0 Å². The van der Waals surface area contributed by atoms with Crippen LogP contribution in [0.25, 0.3) is 10.2 Å². The van der Waals surface area contributed by atoms with Gasteiger partial charge in [0, 0.05) is 19.2 Å². The number of nitrogens with one attached hydrogen (secondary N) is 1. The largest absolute Gasteiger partial charge is 0.453 e. The number of hydrogen-bond donors (Lipinski definition) is 1. The van der Waals surface area contributed by atoms with Crippen LogP contribution in [-0.2, 0) is 17.7 Å². The molecule has 3 aromatic rings. The lowest BCUT2D eigenvalue weighted by Crippen LogP contribution is -2.20. The predicted molar refractivity (Wildman–Crippen MR) is 92.3 cm³/mol. The van der Waals surface area contributed by atoms with Crippen molar-refractivity contribution in [2.75, 3.05) is 6.61 Å². The van der Waals surface area contributed by atoms with Gasteiger partial charge in [0.25, 0.3) is 5.56 Å². The number of thiophene rings is 1. The Kier molecular flexibility index (Phi) is 3.76. The number of aromatic nitrogens is 3. The highest BCUT2D eigenvalue weighted by Gasteiger charge is 2.24. The van der Waals surface area contributed by atoms with Gasteiger partial charge in [-0.1, -0.05) is 0 Å². The maximum Gasteiger partial charge on any atom is 0.349 e. The summed E-state index contributed by atoms with van der Waals surface area (Å²) in [6, 6.07) is 3.32. The van der Waals surface area contributed by atoms with Crippen molar-refractivity contribution >= 4 is 33.3 Å². The van der Waals surface area contributed by atoms with E-state index in [1.807, 2.05) is 0 Å². The molecule has 3 aromatic heterocycles. The first kappa shape index (κ1) is 15.8. The number of ketones is 1. The Morgan fingerprint density at radius 2 is 2.28 bits per heavy atom. The minimum atomic E-state index is -0.607. The second kappa shape index (κ2) is 5.96. The van der Waals surface area contributed by atoms with Crippen LogP contribution in [0.15, 0.2) is 23.1 Å². The first-order chi connectivity index (χ1) is 12.1. The maximum atomic E-state index is 12.6. The van der Waals surface area contributed by atoms with Crippen LogP contribution in [-0.4, -0.2) is 32.9 Å². The summed E-state index contributed by atoms with van der Waals surface area (Å²) in [4.78, 5) is 45.1. The Balaban J connectivity index is 1.62. The van der Waals surface area contributed by atoms with Crippen LogP contribution in [0.2, 0.25) is 0 Å². The third kappa shape index (κ3) is 2.58. The number of carbonyl (C=O) groups excluding carboxylic acids is 2. The minimum absolute atomic E-state index is 0.104. The maximum absolute atomic E-state index is 12.6. The average Bonchev–Trinajstić information content (AvgIpc) is 3.32. The molecule has 7 nitrogen and oxygen atoms in total. The summed E-state index contributed by atoms with van der Waals surface area (Å²) in [5.41, 5.74) is 0.849. The number of ether oxygens (including phenoxy) is 1. The predicted octanol–water partition coefficient (Wildman–Crippen LogP) is 2.08. The smallest absolute Gasteiger partial charge is 0.349 e. The normalized spacial score (nSPS) is 13.2. The summed E-state index contributed by atoms with van der Waals surface area (Å²) in [7, 11) is 0. The van der Waals surface area contributed by atoms with Crippen LogP contribution in [0.5, 0.6) is 0 Å². The molecule has 0 saturated heterocycles. The fraction of sp³-hybridized carbons (Fsp3) is 0.294. The molecule has 1 N–H and O–H groups in total.